The fourth-order valence-corrected chi connectivity index (χ4v) is 4.11. The number of carbonyl (C=O) groups excluding carboxylic acids is 1. The van der Waals surface area contributed by atoms with Crippen molar-refractivity contribution in [2.24, 2.45) is 0 Å². The minimum Gasteiger partial charge on any atom is -0.490 e. The Labute approximate surface area is 200 Å². The van der Waals surface area contributed by atoms with Crippen LogP contribution in [0.2, 0.25) is 0 Å². The Hall–Kier alpha value is -3.55. The van der Waals surface area contributed by atoms with E-state index in [1.807, 2.05) is 80.2 Å². The molecule has 8 nitrogen and oxygen atoms in total. The number of nitrogens with zero attached hydrogens (tertiary/aromatic N) is 4. The Balaban J connectivity index is 1.39. The van der Waals surface area contributed by atoms with E-state index < -0.39 is 0 Å². The molecule has 1 aliphatic heterocycles. The fraction of sp³-hybridized carbons (Fsp3) is 0.423. The average Bonchev–Trinajstić information content (AvgIpc) is 3.46. The van der Waals surface area contributed by atoms with E-state index in [1.165, 1.54) is 0 Å². The first-order valence-electron chi connectivity index (χ1n) is 11.8. The van der Waals surface area contributed by atoms with Gasteiger partial charge in [-0.1, -0.05) is 17.3 Å². The van der Waals surface area contributed by atoms with E-state index in [0.717, 1.165) is 34.7 Å². The van der Waals surface area contributed by atoms with Gasteiger partial charge in [-0.2, -0.15) is 4.98 Å². The molecule has 1 amide bonds. The first kappa shape index (κ1) is 23.6. The van der Waals surface area contributed by atoms with Crippen molar-refractivity contribution in [3.05, 3.63) is 53.9 Å². The van der Waals surface area contributed by atoms with Crippen LogP contribution in [-0.4, -0.2) is 61.3 Å². The molecule has 0 bridgehead atoms. The second kappa shape index (κ2) is 10.6. The molecule has 0 spiro atoms. The summed E-state index contributed by atoms with van der Waals surface area (Å²) in [6, 6.07) is 13.9. The Morgan fingerprint density at radius 3 is 2.65 bits per heavy atom. The highest BCUT2D eigenvalue weighted by Crippen LogP contribution is 2.31. The Morgan fingerprint density at radius 1 is 1.09 bits per heavy atom. The molecule has 1 fully saturated rings. The number of ether oxygens (including phenoxy) is 2. The molecule has 1 saturated heterocycles. The maximum absolute atomic E-state index is 12.7. The van der Waals surface area contributed by atoms with Crippen molar-refractivity contribution >= 4 is 11.6 Å². The van der Waals surface area contributed by atoms with Gasteiger partial charge in [-0.3, -0.25) is 4.79 Å². The summed E-state index contributed by atoms with van der Waals surface area (Å²) in [5, 5.41) is 4.19. The number of hydrogen-bond acceptors (Lipinski definition) is 7. The van der Waals surface area contributed by atoms with Crippen molar-refractivity contribution in [1.82, 2.24) is 15.0 Å². The topological polar surface area (TPSA) is 80.9 Å². The Kier molecular flexibility index (Phi) is 7.35. The van der Waals surface area contributed by atoms with Gasteiger partial charge in [0.15, 0.2) is 17.3 Å². The molecule has 0 aliphatic carbocycles. The molecular weight excluding hydrogens is 432 g/mol. The first-order chi connectivity index (χ1) is 16.5. The number of likely N-dealkylation sites (tertiary alicyclic amines) is 1. The van der Waals surface area contributed by atoms with Crippen LogP contribution in [0.5, 0.6) is 11.5 Å². The molecule has 1 atom stereocenters. The number of anilines is 1. The van der Waals surface area contributed by atoms with Crippen LogP contribution < -0.4 is 14.4 Å². The average molecular weight is 465 g/mol. The maximum Gasteiger partial charge on any atom is 0.258 e. The van der Waals surface area contributed by atoms with Crippen molar-refractivity contribution in [2.75, 3.05) is 45.3 Å². The van der Waals surface area contributed by atoms with E-state index in [9.17, 15) is 4.79 Å². The largest absolute Gasteiger partial charge is 0.490 e. The van der Waals surface area contributed by atoms with Crippen molar-refractivity contribution in [2.45, 2.75) is 32.6 Å². The highest BCUT2D eigenvalue weighted by molar-refractivity contribution is 5.79. The number of amides is 1. The number of benzene rings is 2. The lowest BCUT2D eigenvalue weighted by Crippen LogP contribution is -2.27. The standard InChI is InChI=1S/C26H32N4O4/c1-5-32-22-11-10-18(14-23(22)33-6-2)12-13-30-17-20(16-24(30)31)25-27-26(34-28-25)19-8-7-9-21(15-19)29(3)4/h7-11,14-15,20H,5-6,12-13,16-17H2,1-4H3. The van der Waals surface area contributed by atoms with Gasteiger partial charge in [0.05, 0.1) is 13.2 Å². The molecule has 8 heteroatoms. The predicted molar refractivity (Wildman–Crippen MR) is 130 cm³/mol. The Bertz CT molecular complexity index is 1130. The van der Waals surface area contributed by atoms with Crippen LogP contribution in [-0.2, 0) is 11.2 Å². The van der Waals surface area contributed by atoms with Crippen molar-refractivity contribution in [1.29, 1.82) is 0 Å². The minimum atomic E-state index is -0.0682. The second-order valence-electron chi connectivity index (χ2n) is 8.54. The van der Waals surface area contributed by atoms with E-state index >= 15 is 0 Å². The minimum absolute atomic E-state index is 0.0682. The normalized spacial score (nSPS) is 15.6. The molecule has 3 aromatic rings. The lowest BCUT2D eigenvalue weighted by atomic mass is 10.1. The monoisotopic (exact) mass is 464 g/mol. The summed E-state index contributed by atoms with van der Waals surface area (Å²) in [6.07, 6.45) is 1.13. The summed E-state index contributed by atoms with van der Waals surface area (Å²) < 4.78 is 16.9. The predicted octanol–water partition coefficient (Wildman–Crippen LogP) is 4.16. The van der Waals surface area contributed by atoms with Crippen LogP contribution in [0.1, 0.15) is 37.6 Å². The van der Waals surface area contributed by atoms with E-state index in [0.29, 0.717) is 44.4 Å². The molecule has 1 aromatic heterocycles. The molecule has 2 heterocycles. The van der Waals surface area contributed by atoms with Crippen LogP contribution in [0.15, 0.2) is 47.0 Å². The zero-order valence-electron chi connectivity index (χ0n) is 20.3. The third-order valence-corrected chi connectivity index (χ3v) is 5.91. The highest BCUT2D eigenvalue weighted by atomic mass is 16.5. The van der Waals surface area contributed by atoms with Gasteiger partial charge in [0.2, 0.25) is 5.91 Å². The molecule has 4 rings (SSSR count). The van der Waals surface area contributed by atoms with Crippen LogP contribution in [0, 0.1) is 0 Å². The zero-order valence-corrected chi connectivity index (χ0v) is 20.3. The number of rotatable bonds is 10. The van der Waals surface area contributed by atoms with E-state index in [1.54, 1.807) is 0 Å². The summed E-state index contributed by atoms with van der Waals surface area (Å²) in [5.74, 6) is 2.59. The maximum atomic E-state index is 12.7. The van der Waals surface area contributed by atoms with Crippen molar-refractivity contribution in [3.8, 4) is 23.0 Å². The van der Waals surface area contributed by atoms with Crippen LogP contribution in [0.25, 0.3) is 11.5 Å². The lowest BCUT2D eigenvalue weighted by Gasteiger charge is -2.17. The van der Waals surface area contributed by atoms with Crippen LogP contribution >= 0.6 is 0 Å². The van der Waals surface area contributed by atoms with Gasteiger partial charge < -0.3 is 23.8 Å². The van der Waals surface area contributed by atoms with Gasteiger partial charge >= 0.3 is 0 Å². The second-order valence-corrected chi connectivity index (χ2v) is 8.54. The summed E-state index contributed by atoms with van der Waals surface area (Å²) in [4.78, 5) is 21.2. The smallest absolute Gasteiger partial charge is 0.258 e. The van der Waals surface area contributed by atoms with Gasteiger partial charge in [0.1, 0.15) is 0 Å². The SMILES string of the molecule is CCOc1ccc(CCN2CC(c3noc(-c4cccc(N(C)C)c4)n3)CC2=O)cc1OCC. The summed E-state index contributed by atoms with van der Waals surface area (Å²) >= 11 is 0. The molecule has 180 valence electrons. The Morgan fingerprint density at radius 2 is 1.88 bits per heavy atom. The summed E-state index contributed by atoms with van der Waals surface area (Å²) in [6.45, 7) is 6.28. The van der Waals surface area contributed by atoms with Gasteiger partial charge in [-0.15, -0.1) is 0 Å². The molecule has 0 radical (unpaired) electrons. The van der Waals surface area contributed by atoms with Gasteiger partial charge in [-0.05, 0) is 56.2 Å². The molecule has 1 aliphatic rings. The third-order valence-electron chi connectivity index (χ3n) is 5.91. The van der Waals surface area contributed by atoms with Crippen molar-refractivity contribution in [3.63, 3.8) is 0 Å². The molecule has 2 aromatic carbocycles. The number of aromatic nitrogens is 2. The highest BCUT2D eigenvalue weighted by Gasteiger charge is 2.33. The van der Waals surface area contributed by atoms with Crippen LogP contribution in [0.3, 0.4) is 0 Å². The van der Waals surface area contributed by atoms with Gasteiger partial charge in [0, 0.05) is 50.8 Å². The quantitative estimate of drug-likeness (QED) is 0.446. The summed E-state index contributed by atoms with van der Waals surface area (Å²) in [7, 11) is 3.98. The number of hydrogen-bond donors (Lipinski definition) is 0. The van der Waals surface area contributed by atoms with Crippen molar-refractivity contribution < 1.29 is 18.8 Å². The third kappa shape index (κ3) is 5.32. The molecular formula is C26H32N4O4. The fourth-order valence-electron chi connectivity index (χ4n) is 4.11. The zero-order chi connectivity index (χ0) is 24.1. The van der Waals surface area contributed by atoms with Gasteiger partial charge in [0.25, 0.3) is 5.89 Å². The molecule has 34 heavy (non-hydrogen) atoms. The van der Waals surface area contributed by atoms with E-state index in [2.05, 4.69) is 10.1 Å². The first-order valence-corrected chi connectivity index (χ1v) is 11.8. The van der Waals surface area contributed by atoms with E-state index in [4.69, 9.17) is 14.0 Å². The molecule has 0 saturated carbocycles. The molecule has 1 unspecified atom stereocenters. The lowest BCUT2D eigenvalue weighted by molar-refractivity contribution is -0.127. The summed E-state index contributed by atoms with van der Waals surface area (Å²) in [5.41, 5.74) is 3.03. The van der Waals surface area contributed by atoms with E-state index in [-0.39, 0.29) is 11.8 Å². The number of carbonyl (C=O) groups is 1. The van der Waals surface area contributed by atoms with Crippen LogP contribution in [0.4, 0.5) is 5.69 Å². The van der Waals surface area contributed by atoms with Gasteiger partial charge in [-0.25, -0.2) is 0 Å². The molecule has 0 N–H and O–H groups in total.